The lowest BCUT2D eigenvalue weighted by molar-refractivity contribution is 0.541. The number of aryl methyl sites for hydroxylation is 1. The molecule has 2 fully saturated rings. The SMILES string of the molecule is C.Cc1ccc(-c2cc(N3CCN(c4nccnc4Cl)C[C@H]3C)nc(N3CCC[C@@H]3C)n2)cc1F. The van der Waals surface area contributed by atoms with Crippen molar-refractivity contribution in [2.24, 2.45) is 0 Å². The summed E-state index contributed by atoms with van der Waals surface area (Å²) in [6.45, 7) is 9.32. The minimum absolute atomic E-state index is 0. The fraction of sp³-hybridized carbons (Fsp3) is 0.462. The second-order valence-corrected chi connectivity index (χ2v) is 9.58. The van der Waals surface area contributed by atoms with Crippen LogP contribution in [0.5, 0.6) is 0 Å². The van der Waals surface area contributed by atoms with Gasteiger partial charge >= 0.3 is 0 Å². The zero-order chi connectivity index (χ0) is 23.8. The van der Waals surface area contributed by atoms with Crippen molar-refractivity contribution in [3.8, 4) is 11.3 Å². The average molecular weight is 498 g/mol. The Morgan fingerprint density at radius 3 is 2.46 bits per heavy atom. The topological polar surface area (TPSA) is 61.3 Å². The van der Waals surface area contributed by atoms with Crippen LogP contribution in [0.25, 0.3) is 11.3 Å². The molecule has 0 amide bonds. The van der Waals surface area contributed by atoms with E-state index in [9.17, 15) is 4.39 Å². The predicted octanol–water partition coefficient (Wildman–Crippen LogP) is 5.37. The van der Waals surface area contributed by atoms with E-state index in [4.69, 9.17) is 21.6 Å². The Kier molecular flexibility index (Phi) is 7.40. The first-order valence-corrected chi connectivity index (χ1v) is 12.2. The van der Waals surface area contributed by atoms with Gasteiger partial charge in [-0.1, -0.05) is 31.2 Å². The maximum Gasteiger partial charge on any atom is 0.228 e. The van der Waals surface area contributed by atoms with Crippen molar-refractivity contribution >= 4 is 29.2 Å². The van der Waals surface area contributed by atoms with Crippen LogP contribution in [-0.2, 0) is 0 Å². The molecule has 0 unspecified atom stereocenters. The first kappa shape index (κ1) is 25.1. The summed E-state index contributed by atoms with van der Waals surface area (Å²) < 4.78 is 14.4. The fourth-order valence-electron chi connectivity index (χ4n) is 4.84. The summed E-state index contributed by atoms with van der Waals surface area (Å²) in [4.78, 5) is 25.2. The van der Waals surface area contributed by atoms with Crippen molar-refractivity contribution in [2.75, 3.05) is 40.9 Å². The van der Waals surface area contributed by atoms with Crippen LogP contribution < -0.4 is 14.7 Å². The molecule has 0 bridgehead atoms. The highest BCUT2D eigenvalue weighted by molar-refractivity contribution is 6.31. The summed E-state index contributed by atoms with van der Waals surface area (Å²) in [7, 11) is 0. The molecule has 35 heavy (non-hydrogen) atoms. The van der Waals surface area contributed by atoms with Crippen LogP contribution >= 0.6 is 11.6 Å². The molecule has 1 aromatic carbocycles. The van der Waals surface area contributed by atoms with E-state index in [1.807, 2.05) is 12.1 Å². The Hall–Kier alpha value is -3.00. The van der Waals surface area contributed by atoms with Crippen LogP contribution in [0.15, 0.2) is 36.7 Å². The van der Waals surface area contributed by atoms with E-state index in [0.29, 0.717) is 28.5 Å². The van der Waals surface area contributed by atoms with Gasteiger partial charge in [0.15, 0.2) is 11.0 Å². The molecule has 0 spiro atoms. The van der Waals surface area contributed by atoms with Crippen LogP contribution in [0.4, 0.5) is 22.0 Å². The number of rotatable bonds is 4. The second kappa shape index (κ2) is 10.3. The summed E-state index contributed by atoms with van der Waals surface area (Å²) in [5.74, 6) is 2.06. The van der Waals surface area contributed by atoms with Crippen LogP contribution in [-0.4, -0.2) is 58.2 Å². The van der Waals surface area contributed by atoms with E-state index >= 15 is 0 Å². The first-order valence-electron chi connectivity index (χ1n) is 11.8. The van der Waals surface area contributed by atoms with Gasteiger partial charge in [0.25, 0.3) is 0 Å². The molecule has 7 nitrogen and oxygen atoms in total. The monoisotopic (exact) mass is 497 g/mol. The second-order valence-electron chi connectivity index (χ2n) is 9.22. The van der Waals surface area contributed by atoms with Gasteiger partial charge in [0.05, 0.1) is 5.69 Å². The van der Waals surface area contributed by atoms with Gasteiger partial charge in [-0.2, -0.15) is 4.98 Å². The zero-order valence-corrected chi connectivity index (χ0v) is 20.5. The largest absolute Gasteiger partial charge is 0.350 e. The molecule has 2 atom stereocenters. The van der Waals surface area contributed by atoms with Crippen LogP contribution in [0.1, 0.15) is 39.7 Å². The molecular weight excluding hydrogens is 465 g/mol. The normalized spacial score (nSPS) is 20.2. The molecular formula is C26H33ClFN7. The molecule has 0 radical (unpaired) electrons. The number of aromatic nitrogens is 4. The van der Waals surface area contributed by atoms with E-state index in [1.165, 1.54) is 0 Å². The van der Waals surface area contributed by atoms with Crippen LogP contribution in [0, 0.1) is 12.7 Å². The van der Waals surface area contributed by atoms with E-state index in [0.717, 1.165) is 56.1 Å². The van der Waals surface area contributed by atoms with Crippen molar-refractivity contribution < 1.29 is 4.39 Å². The van der Waals surface area contributed by atoms with Crippen molar-refractivity contribution in [1.82, 2.24) is 19.9 Å². The highest BCUT2D eigenvalue weighted by Crippen LogP contribution is 2.32. The molecule has 0 N–H and O–H groups in total. The highest BCUT2D eigenvalue weighted by Gasteiger charge is 2.29. The van der Waals surface area contributed by atoms with Gasteiger partial charge in [-0.05, 0) is 45.2 Å². The van der Waals surface area contributed by atoms with Crippen molar-refractivity contribution in [2.45, 2.75) is 53.1 Å². The third-order valence-corrected chi connectivity index (χ3v) is 7.10. The number of hydrogen-bond acceptors (Lipinski definition) is 7. The molecule has 0 saturated carbocycles. The highest BCUT2D eigenvalue weighted by atomic mass is 35.5. The maximum atomic E-state index is 14.4. The molecule has 0 aliphatic carbocycles. The van der Waals surface area contributed by atoms with Crippen LogP contribution in [0.2, 0.25) is 5.15 Å². The number of nitrogens with zero attached hydrogens (tertiary/aromatic N) is 7. The van der Waals surface area contributed by atoms with Gasteiger partial charge in [-0.15, -0.1) is 0 Å². The standard InChI is InChI=1S/C25H29ClFN7.CH4/c1-16-6-7-19(13-20(16)27)21-14-22(31-25(30-21)34-10-4-5-17(34)2)33-12-11-32(15-18(33)3)24-23(26)28-8-9-29-24;/h6-9,13-14,17-18H,4-5,10-12,15H2,1-3H3;1H4/t17-,18+;/m0./s1. The quantitative estimate of drug-likeness (QED) is 0.480. The zero-order valence-electron chi connectivity index (χ0n) is 19.7. The summed E-state index contributed by atoms with van der Waals surface area (Å²) in [5.41, 5.74) is 2.13. The molecule has 186 valence electrons. The number of benzene rings is 1. The lowest BCUT2D eigenvalue weighted by atomic mass is 10.1. The number of piperazine rings is 1. The van der Waals surface area contributed by atoms with Gasteiger partial charge in [0.2, 0.25) is 5.95 Å². The van der Waals surface area contributed by atoms with Crippen LogP contribution in [0.3, 0.4) is 0 Å². The minimum atomic E-state index is -0.225. The van der Waals surface area contributed by atoms with E-state index in [1.54, 1.807) is 31.5 Å². The number of anilines is 3. The average Bonchev–Trinajstić information content (AvgIpc) is 3.26. The minimum Gasteiger partial charge on any atom is -0.350 e. The Morgan fingerprint density at radius 1 is 0.971 bits per heavy atom. The summed E-state index contributed by atoms with van der Waals surface area (Å²) in [6.07, 6.45) is 5.51. The van der Waals surface area contributed by atoms with E-state index < -0.39 is 0 Å². The number of halogens is 2. The lowest BCUT2D eigenvalue weighted by Gasteiger charge is -2.41. The molecule has 2 aliphatic rings. The third-order valence-electron chi connectivity index (χ3n) is 6.84. The molecule has 2 aromatic heterocycles. The van der Waals surface area contributed by atoms with E-state index in [-0.39, 0.29) is 19.3 Å². The van der Waals surface area contributed by atoms with Crippen molar-refractivity contribution in [1.29, 1.82) is 0 Å². The summed E-state index contributed by atoms with van der Waals surface area (Å²) >= 11 is 6.29. The Bertz CT molecular complexity index is 1190. The Balaban J connectivity index is 0.00000289. The maximum absolute atomic E-state index is 14.4. The molecule has 9 heteroatoms. The predicted molar refractivity (Wildman–Crippen MR) is 141 cm³/mol. The van der Waals surface area contributed by atoms with Gasteiger partial charge < -0.3 is 14.7 Å². The smallest absolute Gasteiger partial charge is 0.228 e. The first-order chi connectivity index (χ1) is 16.4. The van der Waals surface area contributed by atoms with Gasteiger partial charge in [0.1, 0.15) is 11.6 Å². The third kappa shape index (κ3) is 5.03. The van der Waals surface area contributed by atoms with Crippen molar-refractivity contribution in [3.63, 3.8) is 0 Å². The van der Waals surface area contributed by atoms with Gasteiger partial charge in [-0.3, -0.25) is 0 Å². The fourth-order valence-corrected chi connectivity index (χ4v) is 5.07. The number of hydrogen-bond donors (Lipinski definition) is 0. The molecule has 5 rings (SSSR count). The van der Waals surface area contributed by atoms with E-state index in [2.05, 4.69) is 38.5 Å². The van der Waals surface area contributed by atoms with Gasteiger partial charge in [0, 0.05) is 62.3 Å². The van der Waals surface area contributed by atoms with Crippen molar-refractivity contribution in [3.05, 3.63) is 53.2 Å². The van der Waals surface area contributed by atoms with Gasteiger partial charge in [-0.25, -0.2) is 19.3 Å². The molecule has 4 heterocycles. The summed E-state index contributed by atoms with van der Waals surface area (Å²) in [6, 6.07) is 7.82. The Labute approximate surface area is 212 Å². The summed E-state index contributed by atoms with van der Waals surface area (Å²) in [5, 5.41) is 0.416. The Morgan fingerprint density at radius 2 is 1.77 bits per heavy atom. The molecule has 2 aliphatic heterocycles. The molecule has 2 saturated heterocycles. The lowest BCUT2D eigenvalue weighted by Crippen LogP contribution is -2.53. The molecule has 3 aromatic rings.